The Hall–Kier alpha value is -6.33. The first-order valence-corrected chi connectivity index (χ1v) is 21.6. The third-order valence-electron chi connectivity index (χ3n) is 12.2. The van der Waals surface area contributed by atoms with E-state index in [9.17, 15) is 0 Å². The molecular weight excluding hydrogens is 745 g/mol. The average Bonchev–Trinajstić information content (AvgIpc) is 3.75. The van der Waals surface area contributed by atoms with Crippen molar-refractivity contribution in [1.29, 1.82) is 0 Å². The van der Waals surface area contributed by atoms with Crippen molar-refractivity contribution in [3.8, 4) is 28.4 Å². The highest BCUT2D eigenvalue weighted by molar-refractivity contribution is 6.10. The Morgan fingerprint density at radius 2 is 1.11 bits per heavy atom. The number of ether oxygens (including phenoxy) is 1. The Balaban J connectivity index is 1.10. The van der Waals surface area contributed by atoms with Crippen LogP contribution in [0.15, 0.2) is 140 Å². The zero-order valence-corrected chi connectivity index (χ0v) is 37.7. The summed E-state index contributed by atoms with van der Waals surface area (Å²) in [7, 11) is 0. The van der Waals surface area contributed by atoms with Crippen molar-refractivity contribution in [3.63, 3.8) is 0 Å². The third kappa shape index (κ3) is 7.67. The van der Waals surface area contributed by atoms with E-state index in [-0.39, 0.29) is 16.2 Å². The minimum absolute atomic E-state index is 0.0223. The molecule has 0 bridgehead atoms. The molecule has 6 aromatic carbocycles. The molecule has 0 radical (unpaired) electrons. The molecule has 5 heteroatoms. The van der Waals surface area contributed by atoms with Crippen molar-refractivity contribution in [1.82, 2.24) is 9.55 Å². The van der Waals surface area contributed by atoms with Gasteiger partial charge in [-0.1, -0.05) is 122 Å². The molecule has 61 heavy (non-hydrogen) atoms. The van der Waals surface area contributed by atoms with Crippen LogP contribution in [0.1, 0.15) is 90.1 Å². The van der Waals surface area contributed by atoms with Gasteiger partial charge in [-0.05, 0) is 131 Å². The van der Waals surface area contributed by atoms with Crippen molar-refractivity contribution < 1.29 is 4.74 Å². The summed E-state index contributed by atoms with van der Waals surface area (Å²) in [6, 6.07) is 48.8. The minimum atomic E-state index is -0.0232. The Bertz CT molecular complexity index is 2920. The van der Waals surface area contributed by atoms with Crippen molar-refractivity contribution >= 4 is 44.6 Å². The van der Waals surface area contributed by atoms with Crippen LogP contribution in [0, 0.1) is 13.8 Å². The molecule has 0 atom stereocenters. The Morgan fingerprint density at radius 1 is 0.475 bits per heavy atom. The Morgan fingerprint density at radius 3 is 1.77 bits per heavy atom. The first kappa shape index (κ1) is 40.1. The van der Waals surface area contributed by atoms with E-state index in [2.05, 4.69) is 224 Å². The van der Waals surface area contributed by atoms with E-state index in [0.29, 0.717) is 6.67 Å². The van der Waals surface area contributed by atoms with Gasteiger partial charge in [0.15, 0.2) is 0 Å². The third-order valence-corrected chi connectivity index (χ3v) is 12.2. The maximum absolute atomic E-state index is 6.80. The molecule has 0 aliphatic carbocycles. The van der Waals surface area contributed by atoms with E-state index in [0.717, 1.165) is 39.4 Å². The number of aryl methyl sites for hydroxylation is 2. The highest BCUT2D eigenvalue weighted by Crippen LogP contribution is 2.47. The van der Waals surface area contributed by atoms with Gasteiger partial charge in [-0.25, -0.2) is 4.98 Å². The predicted octanol–water partition coefficient (Wildman–Crippen LogP) is 15.4. The van der Waals surface area contributed by atoms with Gasteiger partial charge < -0.3 is 14.5 Å². The molecule has 9 rings (SSSR count). The normalized spacial score (nSPS) is 13.4. The van der Waals surface area contributed by atoms with Crippen LogP contribution >= 0.6 is 0 Å². The number of nitrogens with zero attached hydrogens (tertiary/aromatic N) is 4. The fourth-order valence-electron chi connectivity index (χ4n) is 8.78. The Labute approximate surface area is 362 Å². The second-order valence-corrected chi connectivity index (χ2v) is 20.1. The van der Waals surface area contributed by atoms with Gasteiger partial charge in [-0.2, -0.15) is 0 Å². The lowest BCUT2D eigenvalue weighted by atomic mass is 9.80. The summed E-state index contributed by atoms with van der Waals surface area (Å²) < 4.78 is 9.10. The molecule has 0 spiro atoms. The van der Waals surface area contributed by atoms with Crippen LogP contribution in [-0.2, 0) is 16.2 Å². The highest BCUT2D eigenvalue weighted by atomic mass is 16.5. The van der Waals surface area contributed by atoms with E-state index >= 15 is 0 Å². The zero-order chi connectivity index (χ0) is 43.0. The number of benzene rings is 6. The van der Waals surface area contributed by atoms with Gasteiger partial charge in [-0.3, -0.25) is 4.57 Å². The lowest BCUT2D eigenvalue weighted by Crippen LogP contribution is -2.25. The van der Waals surface area contributed by atoms with Crippen molar-refractivity contribution in [2.45, 2.75) is 92.4 Å². The quantitative estimate of drug-likeness (QED) is 0.168. The van der Waals surface area contributed by atoms with Crippen LogP contribution < -0.4 is 14.5 Å². The van der Waals surface area contributed by atoms with Crippen LogP contribution in [0.4, 0.5) is 22.7 Å². The molecule has 0 saturated carbocycles. The number of para-hydroxylation sites is 2. The summed E-state index contributed by atoms with van der Waals surface area (Å²) >= 11 is 0. The average molecular weight is 803 g/mol. The molecule has 0 unspecified atom stereocenters. The van der Waals surface area contributed by atoms with Gasteiger partial charge in [-0.15, -0.1) is 0 Å². The maximum atomic E-state index is 6.80. The lowest BCUT2D eigenvalue weighted by Gasteiger charge is -2.29. The number of pyridine rings is 1. The summed E-state index contributed by atoms with van der Waals surface area (Å²) in [4.78, 5) is 9.81. The SMILES string of the molecule is Cc1cc(C)cc(-c2ccc3c(c2)c2ccc(Oc4cccc(N5CN(c6cc(C(C)(C)C)cc(C(C)(C)C)c6)c6ccccc65)c4)cc2n3-c2cc(C(C)(C)C)ccn2)c1. The fraction of sp³-hybridized carbons (Fsp3) is 0.268. The molecule has 0 fully saturated rings. The number of aromatic nitrogens is 2. The van der Waals surface area contributed by atoms with Crippen LogP contribution in [0.3, 0.4) is 0 Å². The van der Waals surface area contributed by atoms with E-state index in [1.807, 2.05) is 6.20 Å². The maximum Gasteiger partial charge on any atom is 0.137 e. The lowest BCUT2D eigenvalue weighted by molar-refractivity contribution is 0.483. The molecule has 2 aromatic heterocycles. The van der Waals surface area contributed by atoms with Crippen LogP contribution in [0.2, 0.25) is 0 Å². The van der Waals surface area contributed by atoms with E-state index in [4.69, 9.17) is 9.72 Å². The summed E-state index contributed by atoms with van der Waals surface area (Å²) in [6.07, 6.45) is 1.94. The fourth-order valence-corrected chi connectivity index (χ4v) is 8.78. The summed E-state index contributed by atoms with van der Waals surface area (Å²) in [5.41, 5.74) is 15.7. The van der Waals surface area contributed by atoms with Crippen LogP contribution in [-0.4, -0.2) is 16.2 Å². The van der Waals surface area contributed by atoms with Crippen LogP contribution in [0.25, 0.3) is 38.8 Å². The number of hydrogen-bond donors (Lipinski definition) is 0. The molecule has 1 aliphatic heterocycles. The molecule has 308 valence electrons. The van der Waals surface area contributed by atoms with Gasteiger partial charge in [0, 0.05) is 40.5 Å². The number of hydrogen-bond acceptors (Lipinski definition) is 4. The monoisotopic (exact) mass is 802 g/mol. The van der Waals surface area contributed by atoms with Gasteiger partial charge in [0.1, 0.15) is 24.0 Å². The summed E-state index contributed by atoms with van der Waals surface area (Å²) in [5.74, 6) is 2.45. The van der Waals surface area contributed by atoms with E-state index in [1.165, 1.54) is 61.4 Å². The molecule has 8 aromatic rings. The standard InChI is InChI=1S/C56H58N4O/c1-36-25-37(2)27-39(26-36)38-19-22-49-48(28-38)47-21-20-46(34-52(47)60(49)53-32-40(23-24-57-53)54(3,4)5)61-45-16-14-15-43(33-45)58-35-59(51-18-13-12-17-50(51)58)44-30-41(55(6,7)8)29-42(31-44)56(9,10)11/h12-34H,35H2,1-11H3. The van der Waals surface area contributed by atoms with Gasteiger partial charge >= 0.3 is 0 Å². The van der Waals surface area contributed by atoms with E-state index < -0.39 is 0 Å². The first-order chi connectivity index (χ1) is 28.9. The van der Waals surface area contributed by atoms with E-state index in [1.54, 1.807) is 0 Å². The van der Waals surface area contributed by atoms with Crippen molar-refractivity contribution in [2.75, 3.05) is 16.5 Å². The number of anilines is 4. The predicted molar refractivity (Wildman–Crippen MR) is 258 cm³/mol. The number of rotatable bonds is 6. The Kier molecular flexibility index (Phi) is 9.66. The zero-order valence-electron chi connectivity index (χ0n) is 37.7. The first-order valence-electron chi connectivity index (χ1n) is 21.6. The smallest absolute Gasteiger partial charge is 0.137 e. The molecule has 0 N–H and O–H groups in total. The molecule has 1 aliphatic rings. The minimum Gasteiger partial charge on any atom is -0.457 e. The largest absolute Gasteiger partial charge is 0.457 e. The molecule has 0 saturated heterocycles. The number of fused-ring (bicyclic) bond motifs is 4. The van der Waals surface area contributed by atoms with Gasteiger partial charge in [0.05, 0.1) is 22.4 Å². The second-order valence-electron chi connectivity index (χ2n) is 20.1. The van der Waals surface area contributed by atoms with Gasteiger partial charge in [0.25, 0.3) is 0 Å². The summed E-state index contributed by atoms with van der Waals surface area (Å²) in [5, 5.41) is 2.34. The van der Waals surface area contributed by atoms with Crippen molar-refractivity contribution in [2.24, 2.45) is 0 Å². The summed E-state index contributed by atoms with van der Waals surface area (Å²) in [6.45, 7) is 25.6. The van der Waals surface area contributed by atoms with Crippen molar-refractivity contribution in [3.05, 3.63) is 167 Å². The molecular formula is C56H58N4O. The molecule has 5 nitrogen and oxygen atoms in total. The van der Waals surface area contributed by atoms with Gasteiger partial charge in [0.2, 0.25) is 0 Å². The van der Waals surface area contributed by atoms with Crippen LogP contribution in [0.5, 0.6) is 11.5 Å². The second kappa shape index (κ2) is 14.7. The molecule has 3 heterocycles. The topological polar surface area (TPSA) is 33.5 Å². The highest BCUT2D eigenvalue weighted by Gasteiger charge is 2.30. The molecule has 0 amide bonds.